The molecule has 100 valence electrons. The third kappa shape index (κ3) is 2.40. The Balaban J connectivity index is 2.12. The minimum atomic E-state index is 0.364. The quantitative estimate of drug-likeness (QED) is 0.692. The SMILES string of the molecule is Clc1cccc(Nc2nnc(Cl)c3ccccc23)c1Cl. The van der Waals surface area contributed by atoms with E-state index in [9.17, 15) is 0 Å². The second-order valence-electron chi connectivity index (χ2n) is 4.11. The van der Waals surface area contributed by atoms with Crippen molar-refractivity contribution in [3.63, 3.8) is 0 Å². The minimum absolute atomic E-state index is 0.364. The molecule has 3 nitrogen and oxygen atoms in total. The van der Waals surface area contributed by atoms with Gasteiger partial charge in [-0.15, -0.1) is 10.2 Å². The van der Waals surface area contributed by atoms with Gasteiger partial charge in [-0.25, -0.2) is 0 Å². The van der Waals surface area contributed by atoms with Gasteiger partial charge in [-0.1, -0.05) is 65.1 Å². The lowest BCUT2D eigenvalue weighted by Crippen LogP contribution is -1.98. The van der Waals surface area contributed by atoms with Crippen molar-refractivity contribution < 1.29 is 0 Å². The van der Waals surface area contributed by atoms with E-state index in [-0.39, 0.29) is 0 Å². The zero-order valence-electron chi connectivity index (χ0n) is 10.1. The fourth-order valence-electron chi connectivity index (χ4n) is 1.89. The van der Waals surface area contributed by atoms with Crippen LogP contribution >= 0.6 is 34.8 Å². The van der Waals surface area contributed by atoms with Crippen LogP contribution in [0.1, 0.15) is 0 Å². The van der Waals surface area contributed by atoms with Crippen molar-refractivity contribution in [1.29, 1.82) is 0 Å². The molecule has 0 spiro atoms. The molecule has 1 heterocycles. The number of rotatable bonds is 2. The van der Waals surface area contributed by atoms with E-state index in [0.29, 0.717) is 26.7 Å². The number of nitrogens with one attached hydrogen (secondary N) is 1. The zero-order chi connectivity index (χ0) is 14.1. The molecule has 0 fully saturated rings. The van der Waals surface area contributed by atoms with Gasteiger partial charge >= 0.3 is 0 Å². The van der Waals surface area contributed by atoms with Crippen LogP contribution in [0.4, 0.5) is 11.5 Å². The summed E-state index contributed by atoms with van der Waals surface area (Å²) in [5.74, 6) is 0.578. The maximum absolute atomic E-state index is 6.16. The van der Waals surface area contributed by atoms with Crippen molar-refractivity contribution in [1.82, 2.24) is 10.2 Å². The molecule has 0 unspecified atom stereocenters. The van der Waals surface area contributed by atoms with Gasteiger partial charge in [-0.05, 0) is 12.1 Å². The second kappa shape index (κ2) is 5.44. The number of benzene rings is 2. The average Bonchev–Trinajstić information content (AvgIpc) is 2.47. The summed E-state index contributed by atoms with van der Waals surface area (Å²) in [7, 11) is 0. The van der Waals surface area contributed by atoms with Crippen LogP contribution in [0.5, 0.6) is 0 Å². The normalized spacial score (nSPS) is 10.8. The molecule has 0 atom stereocenters. The van der Waals surface area contributed by atoms with Crippen molar-refractivity contribution in [2.45, 2.75) is 0 Å². The number of halogens is 3. The maximum Gasteiger partial charge on any atom is 0.161 e. The first-order valence-electron chi connectivity index (χ1n) is 5.79. The van der Waals surface area contributed by atoms with Crippen LogP contribution in [0.15, 0.2) is 42.5 Å². The number of nitrogens with zero attached hydrogens (tertiary/aromatic N) is 2. The van der Waals surface area contributed by atoms with Crippen LogP contribution < -0.4 is 5.32 Å². The summed E-state index contributed by atoms with van der Waals surface area (Å²) in [6.45, 7) is 0. The molecule has 1 N–H and O–H groups in total. The standard InChI is InChI=1S/C14H8Cl3N3/c15-10-6-3-7-11(12(10)16)18-14-9-5-2-1-4-8(9)13(17)19-20-14/h1-7H,(H,18,20). The Hall–Kier alpha value is -1.55. The molecule has 2 aromatic carbocycles. The fourth-order valence-corrected chi connectivity index (χ4v) is 2.44. The fraction of sp³-hybridized carbons (Fsp3) is 0. The largest absolute Gasteiger partial charge is 0.337 e. The van der Waals surface area contributed by atoms with Crippen LogP contribution in [0.3, 0.4) is 0 Å². The van der Waals surface area contributed by atoms with Crippen molar-refractivity contribution in [2.24, 2.45) is 0 Å². The highest BCUT2D eigenvalue weighted by Gasteiger charge is 2.10. The van der Waals surface area contributed by atoms with Crippen molar-refractivity contribution in [2.75, 3.05) is 5.32 Å². The van der Waals surface area contributed by atoms with Crippen molar-refractivity contribution >= 4 is 57.1 Å². The molecule has 1 aromatic heterocycles. The molecule has 0 aliphatic heterocycles. The third-order valence-electron chi connectivity index (χ3n) is 2.85. The Kier molecular flexibility index (Phi) is 3.66. The molecule has 3 rings (SSSR count). The van der Waals surface area contributed by atoms with E-state index in [1.54, 1.807) is 6.07 Å². The number of hydrogen-bond donors (Lipinski definition) is 1. The van der Waals surface area contributed by atoms with E-state index < -0.39 is 0 Å². The Morgan fingerprint density at radius 1 is 0.800 bits per heavy atom. The monoisotopic (exact) mass is 323 g/mol. The van der Waals surface area contributed by atoms with E-state index in [1.807, 2.05) is 36.4 Å². The van der Waals surface area contributed by atoms with Crippen LogP contribution in [0.2, 0.25) is 15.2 Å². The first kappa shape index (κ1) is 13.4. The topological polar surface area (TPSA) is 37.8 Å². The Bertz CT molecular complexity index is 790. The molecule has 0 amide bonds. The third-order valence-corrected chi connectivity index (χ3v) is 3.94. The average molecular weight is 325 g/mol. The molecule has 0 aliphatic rings. The molecule has 3 aromatic rings. The molecule has 6 heteroatoms. The van der Waals surface area contributed by atoms with Gasteiger partial charge in [0.15, 0.2) is 11.0 Å². The lowest BCUT2D eigenvalue weighted by atomic mass is 10.2. The van der Waals surface area contributed by atoms with Gasteiger partial charge in [0.2, 0.25) is 0 Å². The highest BCUT2D eigenvalue weighted by atomic mass is 35.5. The number of fused-ring (bicyclic) bond motifs is 1. The highest BCUT2D eigenvalue weighted by molar-refractivity contribution is 6.43. The van der Waals surface area contributed by atoms with Gasteiger partial charge in [0.05, 0.1) is 15.7 Å². The smallest absolute Gasteiger partial charge is 0.161 e. The number of hydrogen-bond acceptors (Lipinski definition) is 3. The zero-order valence-corrected chi connectivity index (χ0v) is 12.3. The van der Waals surface area contributed by atoms with E-state index in [1.165, 1.54) is 0 Å². The summed E-state index contributed by atoms with van der Waals surface area (Å²) in [6, 6.07) is 13.0. The molecule has 0 saturated heterocycles. The Morgan fingerprint density at radius 3 is 2.35 bits per heavy atom. The summed E-state index contributed by atoms with van der Waals surface area (Å²) >= 11 is 18.2. The summed E-state index contributed by atoms with van der Waals surface area (Å²) in [4.78, 5) is 0. The van der Waals surface area contributed by atoms with Gasteiger partial charge in [-0.2, -0.15) is 0 Å². The van der Waals surface area contributed by atoms with Gasteiger partial charge in [0.25, 0.3) is 0 Å². The summed E-state index contributed by atoms with van der Waals surface area (Å²) < 4.78 is 0. The molecular formula is C14H8Cl3N3. The van der Waals surface area contributed by atoms with Gasteiger partial charge in [0, 0.05) is 10.8 Å². The lowest BCUT2D eigenvalue weighted by Gasteiger charge is -2.10. The summed E-state index contributed by atoms with van der Waals surface area (Å²) in [6.07, 6.45) is 0. The van der Waals surface area contributed by atoms with E-state index in [2.05, 4.69) is 15.5 Å². The Labute approximate surface area is 130 Å². The predicted molar refractivity (Wildman–Crippen MR) is 84.3 cm³/mol. The van der Waals surface area contributed by atoms with Crippen molar-refractivity contribution in [3.8, 4) is 0 Å². The molecule has 20 heavy (non-hydrogen) atoms. The summed E-state index contributed by atoms with van der Waals surface area (Å²) in [5.41, 5.74) is 0.668. The van der Waals surface area contributed by atoms with Crippen LogP contribution in [-0.4, -0.2) is 10.2 Å². The molecule has 0 bridgehead atoms. The van der Waals surface area contributed by atoms with Crippen LogP contribution in [0, 0.1) is 0 Å². The molecule has 0 aliphatic carbocycles. The highest BCUT2D eigenvalue weighted by Crippen LogP contribution is 2.33. The maximum atomic E-state index is 6.16. The van der Waals surface area contributed by atoms with Crippen molar-refractivity contribution in [3.05, 3.63) is 57.7 Å². The number of anilines is 2. The van der Waals surface area contributed by atoms with Gasteiger partial charge in [-0.3, -0.25) is 0 Å². The molecular weight excluding hydrogens is 317 g/mol. The number of aromatic nitrogens is 2. The van der Waals surface area contributed by atoms with E-state index in [0.717, 1.165) is 10.8 Å². The van der Waals surface area contributed by atoms with E-state index in [4.69, 9.17) is 34.8 Å². The molecule has 0 saturated carbocycles. The lowest BCUT2D eigenvalue weighted by molar-refractivity contribution is 1.05. The minimum Gasteiger partial charge on any atom is -0.337 e. The molecule has 0 radical (unpaired) electrons. The van der Waals surface area contributed by atoms with E-state index >= 15 is 0 Å². The first-order valence-corrected chi connectivity index (χ1v) is 6.92. The second-order valence-corrected chi connectivity index (χ2v) is 5.25. The Morgan fingerprint density at radius 2 is 1.55 bits per heavy atom. The summed E-state index contributed by atoms with van der Waals surface area (Å²) in [5, 5.41) is 14.1. The predicted octanol–water partition coefficient (Wildman–Crippen LogP) is 5.33. The van der Waals surface area contributed by atoms with Gasteiger partial charge in [0.1, 0.15) is 0 Å². The van der Waals surface area contributed by atoms with Gasteiger partial charge < -0.3 is 5.32 Å². The van der Waals surface area contributed by atoms with Crippen LogP contribution in [-0.2, 0) is 0 Å². The first-order chi connectivity index (χ1) is 9.66. The van der Waals surface area contributed by atoms with Crippen LogP contribution in [0.25, 0.3) is 10.8 Å².